The zero-order valence-corrected chi connectivity index (χ0v) is 13.3. The van der Waals surface area contributed by atoms with Crippen LogP contribution in [0.1, 0.15) is 46.5 Å². The van der Waals surface area contributed by atoms with E-state index in [0.29, 0.717) is 12.0 Å². The summed E-state index contributed by atoms with van der Waals surface area (Å²) in [7, 11) is 4.17. The number of amides is 1. The van der Waals surface area contributed by atoms with Crippen LogP contribution in [0.25, 0.3) is 0 Å². The van der Waals surface area contributed by atoms with Crippen molar-refractivity contribution in [3.05, 3.63) is 0 Å². The fraction of sp³-hybridized carbons (Fsp3) is 0.933. The summed E-state index contributed by atoms with van der Waals surface area (Å²) in [4.78, 5) is 14.6. The number of carbonyl (C=O) groups is 1. The normalized spacial score (nSPS) is 25.0. The summed E-state index contributed by atoms with van der Waals surface area (Å²) >= 11 is 0. The Bertz CT molecular complexity index is 283. The lowest BCUT2D eigenvalue weighted by Gasteiger charge is -2.30. The molecule has 2 atom stereocenters. The van der Waals surface area contributed by atoms with E-state index in [1.54, 1.807) is 0 Å². The lowest BCUT2D eigenvalue weighted by atomic mass is 9.93. The second-order valence-corrected chi connectivity index (χ2v) is 6.42. The van der Waals surface area contributed by atoms with Crippen molar-refractivity contribution in [2.75, 3.05) is 27.2 Å². The summed E-state index contributed by atoms with van der Waals surface area (Å²) in [5, 5.41) is 6.55. The van der Waals surface area contributed by atoms with E-state index in [2.05, 4.69) is 50.4 Å². The summed E-state index contributed by atoms with van der Waals surface area (Å²) in [6, 6.07) is 0.416. The fourth-order valence-electron chi connectivity index (χ4n) is 2.86. The van der Waals surface area contributed by atoms with Crippen molar-refractivity contribution in [3.63, 3.8) is 0 Å². The highest BCUT2D eigenvalue weighted by Gasteiger charge is 2.39. The molecule has 1 fully saturated rings. The molecule has 1 amide bonds. The molecule has 0 radical (unpaired) electrons. The van der Waals surface area contributed by atoms with Crippen LogP contribution in [0.15, 0.2) is 0 Å². The van der Waals surface area contributed by atoms with Crippen molar-refractivity contribution < 1.29 is 4.79 Å². The third-order valence-corrected chi connectivity index (χ3v) is 4.25. The Labute approximate surface area is 118 Å². The fourth-order valence-corrected chi connectivity index (χ4v) is 2.86. The summed E-state index contributed by atoms with van der Waals surface area (Å²) in [5.41, 5.74) is -0.311. The molecule has 1 aliphatic rings. The van der Waals surface area contributed by atoms with E-state index < -0.39 is 0 Å². The first kappa shape index (κ1) is 16.4. The Kier molecular flexibility index (Phi) is 6.27. The van der Waals surface area contributed by atoms with Crippen LogP contribution in [-0.2, 0) is 4.79 Å². The number of likely N-dealkylation sites (N-methyl/N-ethyl adjacent to an activating group) is 1. The van der Waals surface area contributed by atoms with Gasteiger partial charge in [0.1, 0.15) is 0 Å². The number of hydrogen-bond donors (Lipinski definition) is 2. The maximum Gasteiger partial charge on any atom is 0.240 e. The smallest absolute Gasteiger partial charge is 0.240 e. The van der Waals surface area contributed by atoms with Crippen molar-refractivity contribution in [1.82, 2.24) is 15.5 Å². The Balaban J connectivity index is 2.51. The standard InChI is InChI=1S/C15H31N3O/c1-6-15(8-7-9-17-15)14(19)16-11-13(18(4)5)10-12(2)3/h12-13,17H,6-11H2,1-5H3,(H,16,19). The van der Waals surface area contributed by atoms with E-state index in [1.165, 1.54) is 0 Å². The van der Waals surface area contributed by atoms with Crippen molar-refractivity contribution >= 4 is 5.91 Å². The minimum absolute atomic E-state index is 0.183. The van der Waals surface area contributed by atoms with Crippen molar-refractivity contribution in [3.8, 4) is 0 Å². The van der Waals surface area contributed by atoms with E-state index in [4.69, 9.17) is 0 Å². The van der Waals surface area contributed by atoms with Gasteiger partial charge < -0.3 is 15.5 Å². The Morgan fingerprint density at radius 3 is 2.53 bits per heavy atom. The number of nitrogens with zero attached hydrogens (tertiary/aromatic N) is 1. The Hall–Kier alpha value is -0.610. The molecule has 4 heteroatoms. The average molecular weight is 269 g/mol. The second kappa shape index (κ2) is 7.25. The van der Waals surface area contributed by atoms with E-state index in [9.17, 15) is 4.79 Å². The van der Waals surface area contributed by atoms with Gasteiger partial charge in [-0.25, -0.2) is 0 Å². The first-order valence-corrected chi connectivity index (χ1v) is 7.61. The van der Waals surface area contributed by atoms with E-state index in [1.807, 2.05) is 0 Å². The molecule has 1 rings (SSSR count). The third-order valence-electron chi connectivity index (χ3n) is 4.25. The minimum Gasteiger partial charge on any atom is -0.353 e. The maximum absolute atomic E-state index is 12.4. The van der Waals surface area contributed by atoms with Gasteiger partial charge in [-0.05, 0) is 52.2 Å². The molecular weight excluding hydrogens is 238 g/mol. The number of nitrogens with one attached hydrogen (secondary N) is 2. The molecule has 1 aliphatic heterocycles. The molecule has 1 saturated heterocycles. The van der Waals surface area contributed by atoms with Crippen LogP contribution < -0.4 is 10.6 Å². The molecule has 0 aromatic heterocycles. The van der Waals surface area contributed by atoms with E-state index in [0.717, 1.165) is 38.8 Å². The lowest BCUT2D eigenvalue weighted by molar-refractivity contribution is -0.127. The number of carbonyl (C=O) groups excluding carboxylic acids is 1. The molecule has 2 N–H and O–H groups in total. The van der Waals surface area contributed by atoms with Gasteiger partial charge in [0.2, 0.25) is 5.91 Å². The van der Waals surface area contributed by atoms with Gasteiger partial charge in [0, 0.05) is 12.6 Å². The van der Waals surface area contributed by atoms with Gasteiger partial charge in [-0.15, -0.1) is 0 Å². The van der Waals surface area contributed by atoms with Gasteiger partial charge in [0.15, 0.2) is 0 Å². The largest absolute Gasteiger partial charge is 0.353 e. The average Bonchev–Trinajstić information content (AvgIpc) is 2.83. The van der Waals surface area contributed by atoms with E-state index in [-0.39, 0.29) is 11.4 Å². The molecule has 0 spiro atoms. The molecule has 0 aromatic rings. The van der Waals surface area contributed by atoms with Gasteiger partial charge in [0.25, 0.3) is 0 Å². The summed E-state index contributed by atoms with van der Waals surface area (Å²) in [5.74, 6) is 0.831. The van der Waals surface area contributed by atoms with Crippen molar-refractivity contribution in [2.24, 2.45) is 5.92 Å². The molecule has 4 nitrogen and oxygen atoms in total. The Morgan fingerprint density at radius 1 is 1.42 bits per heavy atom. The second-order valence-electron chi connectivity index (χ2n) is 6.42. The highest BCUT2D eigenvalue weighted by atomic mass is 16.2. The molecular formula is C15H31N3O. The van der Waals surface area contributed by atoms with E-state index >= 15 is 0 Å². The predicted octanol–water partition coefficient (Wildman–Crippen LogP) is 1.61. The van der Waals surface area contributed by atoms with Crippen molar-refractivity contribution in [2.45, 2.75) is 58.0 Å². The van der Waals surface area contributed by atoms with Gasteiger partial charge in [-0.3, -0.25) is 4.79 Å². The third kappa shape index (κ3) is 4.46. The molecule has 19 heavy (non-hydrogen) atoms. The monoisotopic (exact) mass is 269 g/mol. The zero-order chi connectivity index (χ0) is 14.5. The molecule has 112 valence electrons. The summed E-state index contributed by atoms with van der Waals surface area (Å²) in [6.07, 6.45) is 4.05. The lowest BCUT2D eigenvalue weighted by Crippen LogP contribution is -2.55. The molecule has 0 aromatic carbocycles. The molecule has 0 aliphatic carbocycles. The molecule has 2 unspecified atom stereocenters. The SMILES string of the molecule is CCC1(C(=O)NCC(CC(C)C)N(C)C)CCCN1. The van der Waals surface area contributed by atoms with Crippen LogP contribution in [0.4, 0.5) is 0 Å². The van der Waals surface area contributed by atoms with Crippen LogP contribution in [0.3, 0.4) is 0 Å². The number of rotatable bonds is 7. The van der Waals surface area contributed by atoms with Crippen LogP contribution in [0.5, 0.6) is 0 Å². The molecule has 1 heterocycles. The summed E-state index contributed by atoms with van der Waals surface area (Å²) < 4.78 is 0. The summed E-state index contributed by atoms with van der Waals surface area (Å²) in [6.45, 7) is 8.25. The number of hydrogen-bond acceptors (Lipinski definition) is 3. The predicted molar refractivity (Wildman–Crippen MR) is 80.2 cm³/mol. The van der Waals surface area contributed by atoms with Crippen LogP contribution >= 0.6 is 0 Å². The zero-order valence-electron chi connectivity index (χ0n) is 13.3. The Morgan fingerprint density at radius 2 is 2.11 bits per heavy atom. The van der Waals surface area contributed by atoms with Crippen LogP contribution in [0.2, 0.25) is 0 Å². The van der Waals surface area contributed by atoms with Gasteiger partial charge >= 0.3 is 0 Å². The molecule has 0 bridgehead atoms. The van der Waals surface area contributed by atoms with Crippen molar-refractivity contribution in [1.29, 1.82) is 0 Å². The van der Waals surface area contributed by atoms with Gasteiger partial charge in [0.05, 0.1) is 5.54 Å². The van der Waals surface area contributed by atoms with Crippen LogP contribution in [-0.4, -0.2) is 49.6 Å². The topological polar surface area (TPSA) is 44.4 Å². The first-order valence-electron chi connectivity index (χ1n) is 7.61. The maximum atomic E-state index is 12.4. The molecule has 0 saturated carbocycles. The van der Waals surface area contributed by atoms with Gasteiger partial charge in [-0.1, -0.05) is 20.8 Å². The highest BCUT2D eigenvalue weighted by molar-refractivity contribution is 5.86. The minimum atomic E-state index is -0.311. The first-order chi connectivity index (χ1) is 8.91. The van der Waals surface area contributed by atoms with Crippen LogP contribution in [0, 0.1) is 5.92 Å². The van der Waals surface area contributed by atoms with Gasteiger partial charge in [-0.2, -0.15) is 0 Å². The quantitative estimate of drug-likeness (QED) is 0.738. The highest BCUT2D eigenvalue weighted by Crippen LogP contribution is 2.23.